The standard InChI is InChI=1S/C10H14N6O4/c11-15-8-5-9(13-2-12-8)16(3-14-5)10-7(19)6(18)4(1-17)20-10/h2-4,6-7,10,17-19H,1,11H2,(H,12,13,15)/t4-,6?,7+,10-/m1/s1. The summed E-state index contributed by atoms with van der Waals surface area (Å²) in [7, 11) is 0. The first-order valence-electron chi connectivity index (χ1n) is 5.94. The number of nitrogen functional groups attached to an aromatic ring is 1. The van der Waals surface area contributed by atoms with Crippen molar-refractivity contribution in [2.45, 2.75) is 24.5 Å². The van der Waals surface area contributed by atoms with Crippen molar-refractivity contribution < 1.29 is 20.1 Å². The minimum atomic E-state index is -1.20. The van der Waals surface area contributed by atoms with Gasteiger partial charge in [-0.3, -0.25) is 4.57 Å². The first-order valence-corrected chi connectivity index (χ1v) is 5.94. The Morgan fingerprint density at radius 2 is 2.10 bits per heavy atom. The molecule has 10 heteroatoms. The first kappa shape index (κ1) is 13.1. The van der Waals surface area contributed by atoms with E-state index in [0.29, 0.717) is 17.0 Å². The van der Waals surface area contributed by atoms with Gasteiger partial charge < -0.3 is 25.5 Å². The number of aromatic nitrogens is 4. The van der Waals surface area contributed by atoms with Gasteiger partial charge in [0.15, 0.2) is 23.2 Å². The van der Waals surface area contributed by atoms with E-state index in [1.165, 1.54) is 17.2 Å². The largest absolute Gasteiger partial charge is 0.394 e. The molecule has 4 atom stereocenters. The van der Waals surface area contributed by atoms with E-state index in [-0.39, 0.29) is 0 Å². The van der Waals surface area contributed by atoms with E-state index in [1.807, 2.05) is 0 Å². The fourth-order valence-corrected chi connectivity index (χ4v) is 2.25. The third kappa shape index (κ3) is 1.82. The molecule has 0 bridgehead atoms. The van der Waals surface area contributed by atoms with Crippen molar-refractivity contribution in [2.24, 2.45) is 5.84 Å². The number of nitrogens with zero attached hydrogens (tertiary/aromatic N) is 4. The van der Waals surface area contributed by atoms with E-state index in [1.54, 1.807) is 0 Å². The van der Waals surface area contributed by atoms with Gasteiger partial charge in [0.2, 0.25) is 0 Å². The van der Waals surface area contributed by atoms with Gasteiger partial charge in [0.1, 0.15) is 24.6 Å². The minimum absolute atomic E-state index is 0.334. The van der Waals surface area contributed by atoms with Crippen molar-refractivity contribution in [2.75, 3.05) is 12.0 Å². The average Bonchev–Trinajstić information content (AvgIpc) is 3.01. The van der Waals surface area contributed by atoms with Crippen LogP contribution in [0.5, 0.6) is 0 Å². The number of ether oxygens (including phenoxy) is 1. The van der Waals surface area contributed by atoms with Gasteiger partial charge in [-0.25, -0.2) is 20.8 Å². The van der Waals surface area contributed by atoms with Crippen LogP contribution >= 0.6 is 0 Å². The summed E-state index contributed by atoms with van der Waals surface area (Å²) in [5.41, 5.74) is 3.20. The van der Waals surface area contributed by atoms with Crippen molar-refractivity contribution in [1.29, 1.82) is 0 Å². The number of nitrogens with two attached hydrogens (primary N) is 1. The number of aliphatic hydroxyl groups excluding tert-OH is 3. The molecule has 108 valence electrons. The minimum Gasteiger partial charge on any atom is -0.394 e. The highest BCUT2D eigenvalue weighted by molar-refractivity contribution is 5.82. The molecule has 0 aliphatic carbocycles. The van der Waals surface area contributed by atoms with Gasteiger partial charge in [-0.2, -0.15) is 0 Å². The monoisotopic (exact) mass is 282 g/mol. The van der Waals surface area contributed by atoms with Gasteiger partial charge in [0.05, 0.1) is 12.9 Å². The molecule has 2 aromatic rings. The smallest absolute Gasteiger partial charge is 0.171 e. The zero-order chi connectivity index (χ0) is 14.3. The molecular formula is C10H14N6O4. The van der Waals surface area contributed by atoms with Crippen LogP contribution in [-0.4, -0.2) is 59.8 Å². The number of hydrogen-bond donors (Lipinski definition) is 5. The normalized spacial score (nSPS) is 30.0. The van der Waals surface area contributed by atoms with Crippen LogP contribution in [0.3, 0.4) is 0 Å². The highest BCUT2D eigenvalue weighted by atomic mass is 16.6. The Morgan fingerprint density at radius 3 is 2.75 bits per heavy atom. The summed E-state index contributed by atoms with van der Waals surface area (Å²) in [5.74, 6) is 5.66. The van der Waals surface area contributed by atoms with E-state index in [2.05, 4.69) is 20.4 Å². The quantitative estimate of drug-likeness (QED) is 0.310. The summed E-state index contributed by atoms with van der Waals surface area (Å²) in [5, 5.41) is 28.9. The molecule has 0 amide bonds. The number of hydrogen-bond acceptors (Lipinski definition) is 9. The number of fused-ring (bicyclic) bond motifs is 1. The van der Waals surface area contributed by atoms with Crippen LogP contribution in [0, 0.1) is 0 Å². The molecule has 0 spiro atoms. The predicted molar refractivity (Wildman–Crippen MR) is 66.1 cm³/mol. The van der Waals surface area contributed by atoms with Crippen LogP contribution in [-0.2, 0) is 4.74 Å². The van der Waals surface area contributed by atoms with Gasteiger partial charge in [-0.05, 0) is 0 Å². The molecule has 1 aliphatic rings. The van der Waals surface area contributed by atoms with Gasteiger partial charge >= 0.3 is 0 Å². The van der Waals surface area contributed by atoms with Crippen LogP contribution in [0.25, 0.3) is 11.2 Å². The zero-order valence-corrected chi connectivity index (χ0v) is 10.3. The van der Waals surface area contributed by atoms with Gasteiger partial charge in [0.25, 0.3) is 0 Å². The topological polar surface area (TPSA) is 152 Å². The van der Waals surface area contributed by atoms with E-state index in [9.17, 15) is 10.2 Å². The molecule has 1 saturated heterocycles. The lowest BCUT2D eigenvalue weighted by molar-refractivity contribution is -0.0511. The molecule has 10 nitrogen and oxygen atoms in total. The summed E-state index contributed by atoms with van der Waals surface area (Å²) in [6.07, 6.45) is -1.45. The Labute approximate surface area is 112 Å². The van der Waals surface area contributed by atoms with Crippen LogP contribution in [0.15, 0.2) is 12.7 Å². The molecular weight excluding hydrogens is 268 g/mol. The molecule has 0 radical (unpaired) electrons. The highest BCUT2D eigenvalue weighted by Crippen LogP contribution is 2.31. The predicted octanol–water partition coefficient (Wildman–Crippen LogP) is -2.28. The number of aliphatic hydroxyl groups is 3. The maximum atomic E-state index is 10.00. The van der Waals surface area contributed by atoms with E-state index < -0.39 is 31.1 Å². The fourth-order valence-electron chi connectivity index (χ4n) is 2.25. The van der Waals surface area contributed by atoms with E-state index in [0.717, 1.165) is 0 Å². The van der Waals surface area contributed by atoms with Crippen LogP contribution < -0.4 is 11.3 Å². The van der Waals surface area contributed by atoms with Crippen molar-refractivity contribution in [3.63, 3.8) is 0 Å². The Balaban J connectivity index is 2.03. The van der Waals surface area contributed by atoms with Crippen molar-refractivity contribution in [3.8, 4) is 0 Å². The summed E-state index contributed by atoms with van der Waals surface area (Å²) >= 11 is 0. The Kier molecular flexibility index (Phi) is 3.23. The van der Waals surface area contributed by atoms with E-state index in [4.69, 9.17) is 15.7 Å². The molecule has 6 N–H and O–H groups in total. The zero-order valence-electron chi connectivity index (χ0n) is 10.3. The van der Waals surface area contributed by atoms with Crippen LogP contribution in [0.1, 0.15) is 6.23 Å². The number of hydrazine groups is 1. The molecule has 3 rings (SSSR count). The third-order valence-corrected chi connectivity index (χ3v) is 3.29. The van der Waals surface area contributed by atoms with Crippen LogP contribution in [0.4, 0.5) is 5.82 Å². The lowest BCUT2D eigenvalue weighted by Crippen LogP contribution is -2.33. The van der Waals surface area contributed by atoms with Crippen molar-refractivity contribution in [1.82, 2.24) is 19.5 Å². The number of nitrogens with one attached hydrogen (secondary N) is 1. The molecule has 1 fully saturated rings. The molecule has 0 aromatic carbocycles. The molecule has 20 heavy (non-hydrogen) atoms. The van der Waals surface area contributed by atoms with E-state index >= 15 is 0 Å². The first-order chi connectivity index (χ1) is 9.67. The molecule has 1 unspecified atom stereocenters. The second-order valence-electron chi connectivity index (χ2n) is 4.42. The SMILES string of the molecule is NNc1ncnc2c1ncn2[C@@H]1O[C@H](CO)C(O)[C@@H]1O. The lowest BCUT2D eigenvalue weighted by atomic mass is 10.1. The second-order valence-corrected chi connectivity index (χ2v) is 4.42. The lowest BCUT2D eigenvalue weighted by Gasteiger charge is -2.16. The molecule has 3 heterocycles. The van der Waals surface area contributed by atoms with Crippen LogP contribution in [0.2, 0.25) is 0 Å². The summed E-state index contributed by atoms with van der Waals surface area (Å²) in [6.45, 7) is -0.397. The average molecular weight is 282 g/mol. The molecule has 2 aromatic heterocycles. The van der Waals surface area contributed by atoms with Crippen molar-refractivity contribution in [3.05, 3.63) is 12.7 Å². The maximum absolute atomic E-state index is 10.00. The third-order valence-electron chi connectivity index (χ3n) is 3.29. The van der Waals surface area contributed by atoms with Crippen molar-refractivity contribution >= 4 is 17.0 Å². The van der Waals surface area contributed by atoms with Gasteiger partial charge in [0, 0.05) is 0 Å². The number of anilines is 1. The summed E-state index contributed by atoms with van der Waals surface area (Å²) < 4.78 is 6.88. The Hall–Kier alpha value is -1.85. The summed E-state index contributed by atoms with van der Waals surface area (Å²) in [6, 6.07) is 0. The second kappa shape index (κ2) is 4.92. The number of imidazole rings is 1. The number of rotatable bonds is 3. The maximum Gasteiger partial charge on any atom is 0.171 e. The van der Waals surface area contributed by atoms with Gasteiger partial charge in [-0.1, -0.05) is 0 Å². The van der Waals surface area contributed by atoms with Gasteiger partial charge in [-0.15, -0.1) is 0 Å². The fraction of sp³-hybridized carbons (Fsp3) is 0.500. The Bertz CT molecular complexity index is 619. The highest BCUT2D eigenvalue weighted by Gasteiger charge is 2.43. The Morgan fingerprint density at radius 1 is 1.30 bits per heavy atom. The molecule has 1 aliphatic heterocycles. The molecule has 0 saturated carbocycles. The summed E-state index contributed by atoms with van der Waals surface area (Å²) in [4.78, 5) is 12.1.